The molecule has 0 aliphatic heterocycles. The average Bonchev–Trinajstić information content (AvgIpc) is 3.29. The van der Waals surface area contributed by atoms with Crippen LogP contribution in [0.5, 0.6) is 0 Å². The number of aliphatic carboxylic acids is 1. The summed E-state index contributed by atoms with van der Waals surface area (Å²) in [4.78, 5) is 37.2. The summed E-state index contributed by atoms with van der Waals surface area (Å²) in [6.07, 6.45) is 67.0. The number of unbranched alkanes of at least 4 members (excludes halogenated alkanes) is 14. The van der Waals surface area contributed by atoms with Crippen LogP contribution in [0.3, 0.4) is 0 Å². The first-order valence-electron chi connectivity index (χ1n) is 26.4. The standard InChI is InChI=1S/C59H97NO7/c1-6-8-10-12-14-16-18-20-22-24-26-28-29-30-32-34-36-38-40-42-44-46-48-50-58(62)67-55(53-65-52-51-56(59(63)64)60(3,4)5)54-66-57(61)49-47-45-43-41-39-37-35-33-31-27-25-23-21-19-17-15-13-11-9-7-2/h8-11,14-17,20-23,26-28,30-32,55-56H,6-7,12-13,18-19,24-25,29,33-54H2,1-5H3/p+1/b10-8+,11-9+,16-14+,17-15+,22-20+,23-21+,28-26+,31-27+,32-30+. The van der Waals surface area contributed by atoms with Crippen molar-refractivity contribution < 1.29 is 38.2 Å². The van der Waals surface area contributed by atoms with E-state index in [1.54, 1.807) is 0 Å². The van der Waals surface area contributed by atoms with Crippen LogP contribution in [0.2, 0.25) is 0 Å². The monoisotopic (exact) mass is 933 g/mol. The van der Waals surface area contributed by atoms with Crippen LogP contribution < -0.4 is 0 Å². The lowest BCUT2D eigenvalue weighted by Crippen LogP contribution is -2.50. The van der Waals surface area contributed by atoms with Crippen LogP contribution >= 0.6 is 0 Å². The van der Waals surface area contributed by atoms with Crippen molar-refractivity contribution in [3.63, 3.8) is 0 Å². The number of hydrogen-bond donors (Lipinski definition) is 1. The highest BCUT2D eigenvalue weighted by molar-refractivity contribution is 5.72. The number of carboxylic acids is 1. The molecular formula is C59H98NO7+. The van der Waals surface area contributed by atoms with E-state index in [1.165, 1.54) is 44.9 Å². The number of carbonyl (C=O) groups is 3. The molecule has 0 heterocycles. The Labute approximate surface area is 410 Å². The summed E-state index contributed by atoms with van der Waals surface area (Å²) in [5.74, 6) is -1.50. The molecule has 0 spiro atoms. The molecule has 0 aromatic rings. The molecule has 0 aliphatic carbocycles. The van der Waals surface area contributed by atoms with E-state index < -0.39 is 18.1 Å². The van der Waals surface area contributed by atoms with Crippen molar-refractivity contribution >= 4 is 17.9 Å². The Bertz CT molecular complexity index is 1460. The topological polar surface area (TPSA) is 99.1 Å². The first kappa shape index (κ1) is 63.0. The molecule has 0 aromatic heterocycles. The zero-order chi connectivity index (χ0) is 49.2. The molecule has 1 N–H and O–H groups in total. The fourth-order valence-corrected chi connectivity index (χ4v) is 7.17. The number of carboxylic acid groups (broad SMARTS) is 1. The third-order valence-electron chi connectivity index (χ3n) is 11.2. The van der Waals surface area contributed by atoms with Gasteiger partial charge in [-0.3, -0.25) is 9.59 Å². The molecule has 0 radical (unpaired) electrons. The van der Waals surface area contributed by atoms with Crippen molar-refractivity contribution in [2.45, 2.75) is 206 Å². The number of likely N-dealkylation sites (N-methyl/N-ethyl adjacent to an activating group) is 1. The van der Waals surface area contributed by atoms with Crippen molar-refractivity contribution in [2.24, 2.45) is 0 Å². The largest absolute Gasteiger partial charge is 0.477 e. The van der Waals surface area contributed by atoms with Gasteiger partial charge in [0.15, 0.2) is 12.1 Å². The molecule has 0 fully saturated rings. The number of hydrogen-bond acceptors (Lipinski definition) is 6. The summed E-state index contributed by atoms with van der Waals surface area (Å²) in [5.41, 5.74) is 0. The lowest BCUT2D eigenvalue weighted by Gasteiger charge is -2.31. The Morgan fingerprint density at radius 1 is 0.448 bits per heavy atom. The van der Waals surface area contributed by atoms with E-state index in [-0.39, 0.29) is 36.2 Å². The Hall–Kier alpha value is -4.01. The van der Waals surface area contributed by atoms with E-state index in [1.807, 2.05) is 21.1 Å². The molecule has 0 rings (SSSR count). The van der Waals surface area contributed by atoms with E-state index in [0.29, 0.717) is 19.3 Å². The van der Waals surface area contributed by atoms with E-state index in [0.717, 1.165) is 116 Å². The van der Waals surface area contributed by atoms with E-state index in [4.69, 9.17) is 14.2 Å². The smallest absolute Gasteiger partial charge is 0.362 e. The van der Waals surface area contributed by atoms with Gasteiger partial charge in [-0.2, -0.15) is 0 Å². The van der Waals surface area contributed by atoms with E-state index in [2.05, 4.69) is 123 Å². The number of rotatable bonds is 46. The fourth-order valence-electron chi connectivity index (χ4n) is 7.17. The lowest BCUT2D eigenvalue weighted by atomic mass is 10.1. The summed E-state index contributed by atoms with van der Waals surface area (Å²) in [7, 11) is 5.52. The molecule has 8 nitrogen and oxygen atoms in total. The maximum Gasteiger partial charge on any atom is 0.362 e. The first-order valence-corrected chi connectivity index (χ1v) is 26.4. The van der Waals surface area contributed by atoms with Crippen LogP contribution in [0.15, 0.2) is 109 Å². The van der Waals surface area contributed by atoms with Crippen molar-refractivity contribution in [1.82, 2.24) is 0 Å². The highest BCUT2D eigenvalue weighted by Crippen LogP contribution is 2.14. The minimum atomic E-state index is -0.882. The van der Waals surface area contributed by atoms with Crippen LogP contribution in [0.25, 0.3) is 0 Å². The molecule has 8 heteroatoms. The van der Waals surface area contributed by atoms with Crippen LogP contribution in [-0.4, -0.2) is 80.6 Å². The van der Waals surface area contributed by atoms with Crippen LogP contribution in [0, 0.1) is 0 Å². The minimum Gasteiger partial charge on any atom is -0.477 e. The minimum absolute atomic E-state index is 0.0460. The molecule has 0 saturated carbocycles. The van der Waals surface area contributed by atoms with Crippen LogP contribution in [0.4, 0.5) is 0 Å². The molecule has 2 atom stereocenters. The zero-order valence-electron chi connectivity index (χ0n) is 43.3. The van der Waals surface area contributed by atoms with Gasteiger partial charge in [-0.25, -0.2) is 4.79 Å². The van der Waals surface area contributed by atoms with Gasteiger partial charge in [0.1, 0.15) is 6.61 Å². The summed E-state index contributed by atoms with van der Waals surface area (Å²) in [6.45, 7) is 4.48. The van der Waals surface area contributed by atoms with Crippen molar-refractivity contribution in [3.8, 4) is 0 Å². The van der Waals surface area contributed by atoms with Crippen molar-refractivity contribution in [1.29, 1.82) is 0 Å². The summed E-state index contributed by atoms with van der Waals surface area (Å²) < 4.78 is 17.4. The Kier molecular flexibility index (Phi) is 45.5. The maximum atomic E-state index is 12.8. The average molecular weight is 933 g/mol. The molecule has 0 aliphatic rings. The quantitative estimate of drug-likeness (QED) is 0.0281. The van der Waals surface area contributed by atoms with Gasteiger partial charge in [-0.05, 0) is 96.3 Å². The lowest BCUT2D eigenvalue weighted by molar-refractivity contribution is -0.887. The second-order valence-electron chi connectivity index (χ2n) is 18.4. The Morgan fingerprint density at radius 2 is 0.791 bits per heavy atom. The van der Waals surface area contributed by atoms with Crippen molar-refractivity contribution in [2.75, 3.05) is 41.0 Å². The summed E-state index contributed by atoms with van der Waals surface area (Å²) in [6, 6.07) is -0.626. The Morgan fingerprint density at radius 3 is 1.16 bits per heavy atom. The number of carbonyl (C=O) groups excluding carboxylic acids is 2. The molecule has 0 amide bonds. The van der Waals surface area contributed by atoms with Gasteiger partial charge in [0.05, 0.1) is 34.4 Å². The number of quaternary nitrogens is 1. The van der Waals surface area contributed by atoms with Gasteiger partial charge in [0.25, 0.3) is 0 Å². The predicted octanol–water partition coefficient (Wildman–Crippen LogP) is 15.6. The molecular weight excluding hydrogens is 835 g/mol. The van der Waals surface area contributed by atoms with E-state index >= 15 is 0 Å². The maximum absolute atomic E-state index is 12.8. The predicted molar refractivity (Wildman–Crippen MR) is 284 cm³/mol. The molecule has 0 saturated heterocycles. The third kappa shape index (κ3) is 46.9. The second kappa shape index (κ2) is 48.4. The van der Waals surface area contributed by atoms with E-state index in [9.17, 15) is 19.5 Å². The molecule has 67 heavy (non-hydrogen) atoms. The Balaban J connectivity index is 4.30. The van der Waals surface area contributed by atoms with Gasteiger partial charge in [-0.1, -0.05) is 187 Å². The number of nitrogens with zero attached hydrogens (tertiary/aromatic N) is 1. The van der Waals surface area contributed by atoms with Gasteiger partial charge in [-0.15, -0.1) is 0 Å². The third-order valence-corrected chi connectivity index (χ3v) is 11.2. The summed E-state index contributed by atoms with van der Waals surface area (Å²) in [5, 5.41) is 9.67. The van der Waals surface area contributed by atoms with Crippen molar-refractivity contribution in [3.05, 3.63) is 109 Å². The summed E-state index contributed by atoms with van der Waals surface area (Å²) >= 11 is 0. The van der Waals surface area contributed by atoms with Crippen LogP contribution in [-0.2, 0) is 28.6 Å². The molecule has 380 valence electrons. The molecule has 0 bridgehead atoms. The molecule has 0 aromatic carbocycles. The highest BCUT2D eigenvalue weighted by atomic mass is 16.6. The fraction of sp³-hybridized carbons (Fsp3) is 0.644. The normalized spacial score (nSPS) is 13.7. The number of ether oxygens (including phenoxy) is 3. The van der Waals surface area contributed by atoms with Gasteiger partial charge in [0.2, 0.25) is 0 Å². The van der Waals surface area contributed by atoms with Gasteiger partial charge >= 0.3 is 17.9 Å². The number of allylic oxidation sites excluding steroid dienone is 18. The first-order chi connectivity index (χ1) is 32.6. The SMILES string of the molecule is CC/C=C/C/C=C/C/C=C/C/C=C/C/C=C/CCCCCCCCCC(=O)OC(COCCC(C(=O)O)[N+](C)(C)C)COC(=O)CCCCCCCCC/C=C/C/C=C/C/C=C/C/C=C/CC. The second-order valence-corrected chi connectivity index (χ2v) is 18.4. The molecule has 2 unspecified atom stereocenters. The van der Waals surface area contributed by atoms with Gasteiger partial charge < -0.3 is 23.8 Å². The van der Waals surface area contributed by atoms with Gasteiger partial charge in [0, 0.05) is 19.3 Å². The van der Waals surface area contributed by atoms with Crippen LogP contribution in [0.1, 0.15) is 194 Å². The number of esters is 2. The highest BCUT2D eigenvalue weighted by Gasteiger charge is 2.31. The zero-order valence-corrected chi connectivity index (χ0v) is 43.3.